The SMILES string of the molecule is CCN(Cc1ccc2ccccc2c1)C(=O)NCCCC(=O)O. The number of carbonyl (C=O) groups is 2. The summed E-state index contributed by atoms with van der Waals surface area (Å²) in [6.45, 7) is 3.43. The van der Waals surface area contributed by atoms with Gasteiger partial charge >= 0.3 is 12.0 Å². The van der Waals surface area contributed by atoms with Gasteiger partial charge in [-0.2, -0.15) is 0 Å². The minimum atomic E-state index is -0.845. The van der Waals surface area contributed by atoms with Crippen molar-refractivity contribution in [3.8, 4) is 0 Å². The number of amides is 2. The average Bonchev–Trinajstić information content (AvgIpc) is 2.56. The fraction of sp³-hybridized carbons (Fsp3) is 0.333. The first-order valence-electron chi connectivity index (χ1n) is 7.82. The van der Waals surface area contributed by atoms with E-state index in [0.29, 0.717) is 26.1 Å². The van der Waals surface area contributed by atoms with Crippen LogP contribution >= 0.6 is 0 Å². The van der Waals surface area contributed by atoms with E-state index in [2.05, 4.69) is 29.6 Å². The third kappa shape index (κ3) is 4.98. The van der Waals surface area contributed by atoms with E-state index in [0.717, 1.165) is 10.9 Å². The number of aliphatic carboxylic acids is 1. The van der Waals surface area contributed by atoms with E-state index in [1.165, 1.54) is 5.39 Å². The molecule has 0 aliphatic carbocycles. The second-order valence-electron chi connectivity index (χ2n) is 5.42. The van der Waals surface area contributed by atoms with E-state index < -0.39 is 5.97 Å². The first-order valence-corrected chi connectivity index (χ1v) is 7.82. The first-order chi connectivity index (χ1) is 11.1. The molecular formula is C18H22N2O3. The van der Waals surface area contributed by atoms with E-state index in [-0.39, 0.29) is 12.5 Å². The Bertz CT molecular complexity index is 685. The Morgan fingerprint density at radius 1 is 1.13 bits per heavy atom. The van der Waals surface area contributed by atoms with Gasteiger partial charge in [-0.1, -0.05) is 36.4 Å². The van der Waals surface area contributed by atoms with Crippen LogP contribution in [0.2, 0.25) is 0 Å². The van der Waals surface area contributed by atoms with Gasteiger partial charge in [-0.25, -0.2) is 4.79 Å². The monoisotopic (exact) mass is 314 g/mol. The third-order valence-corrected chi connectivity index (χ3v) is 3.70. The summed E-state index contributed by atoms with van der Waals surface area (Å²) in [5.74, 6) is -0.845. The quantitative estimate of drug-likeness (QED) is 0.771. The molecular weight excluding hydrogens is 292 g/mol. The van der Waals surface area contributed by atoms with Gasteiger partial charge in [0.25, 0.3) is 0 Å². The number of nitrogens with zero attached hydrogens (tertiary/aromatic N) is 1. The van der Waals surface area contributed by atoms with Crippen molar-refractivity contribution >= 4 is 22.8 Å². The number of carbonyl (C=O) groups excluding carboxylic acids is 1. The van der Waals surface area contributed by atoms with Gasteiger partial charge in [0.2, 0.25) is 0 Å². The van der Waals surface area contributed by atoms with Crippen molar-refractivity contribution in [2.24, 2.45) is 0 Å². The van der Waals surface area contributed by atoms with Crippen LogP contribution in [0.1, 0.15) is 25.3 Å². The van der Waals surface area contributed by atoms with Gasteiger partial charge in [0.05, 0.1) is 0 Å². The summed E-state index contributed by atoms with van der Waals surface area (Å²) in [6, 6.07) is 14.1. The zero-order valence-electron chi connectivity index (χ0n) is 13.3. The Morgan fingerprint density at radius 2 is 1.87 bits per heavy atom. The number of hydrogen-bond donors (Lipinski definition) is 2. The number of urea groups is 1. The minimum Gasteiger partial charge on any atom is -0.481 e. The number of hydrogen-bond acceptors (Lipinski definition) is 2. The summed E-state index contributed by atoms with van der Waals surface area (Å²) in [6.07, 6.45) is 0.506. The number of rotatable bonds is 7. The van der Waals surface area contributed by atoms with Crippen molar-refractivity contribution in [3.63, 3.8) is 0 Å². The molecule has 23 heavy (non-hydrogen) atoms. The number of carboxylic acids is 1. The van der Waals surface area contributed by atoms with Gasteiger partial charge < -0.3 is 15.3 Å². The van der Waals surface area contributed by atoms with E-state index in [1.807, 2.05) is 25.1 Å². The number of carboxylic acid groups (broad SMARTS) is 1. The Hall–Kier alpha value is -2.56. The molecule has 0 aliphatic rings. The standard InChI is InChI=1S/C18H22N2O3/c1-2-20(18(23)19-11-5-8-17(21)22)13-14-9-10-15-6-3-4-7-16(15)12-14/h3-4,6-7,9-10,12H,2,5,8,11,13H2,1H3,(H,19,23)(H,21,22). The summed E-state index contributed by atoms with van der Waals surface area (Å²) >= 11 is 0. The molecule has 0 spiro atoms. The van der Waals surface area contributed by atoms with Gasteiger partial charge in [0.1, 0.15) is 0 Å². The van der Waals surface area contributed by atoms with Crippen molar-refractivity contribution in [1.29, 1.82) is 0 Å². The largest absolute Gasteiger partial charge is 0.481 e. The summed E-state index contributed by atoms with van der Waals surface area (Å²) in [5.41, 5.74) is 1.08. The van der Waals surface area contributed by atoms with Crippen molar-refractivity contribution in [1.82, 2.24) is 10.2 Å². The van der Waals surface area contributed by atoms with E-state index in [4.69, 9.17) is 5.11 Å². The summed E-state index contributed by atoms with van der Waals surface area (Å²) in [7, 11) is 0. The molecule has 0 radical (unpaired) electrons. The second-order valence-corrected chi connectivity index (χ2v) is 5.42. The number of nitrogens with one attached hydrogen (secondary N) is 1. The van der Waals surface area contributed by atoms with Gasteiger partial charge in [-0.15, -0.1) is 0 Å². The molecule has 0 aliphatic heterocycles. The van der Waals surface area contributed by atoms with Crippen LogP contribution in [0.5, 0.6) is 0 Å². The molecule has 2 amide bonds. The summed E-state index contributed by atoms with van der Waals surface area (Å²) in [5, 5.41) is 13.7. The fourth-order valence-corrected chi connectivity index (χ4v) is 2.43. The zero-order valence-corrected chi connectivity index (χ0v) is 13.3. The van der Waals surface area contributed by atoms with Crippen LogP contribution in [0.3, 0.4) is 0 Å². The Labute approximate surface area is 135 Å². The van der Waals surface area contributed by atoms with Gasteiger partial charge in [-0.05, 0) is 35.7 Å². The topological polar surface area (TPSA) is 69.6 Å². The highest BCUT2D eigenvalue weighted by Gasteiger charge is 2.11. The van der Waals surface area contributed by atoms with Crippen LogP contribution < -0.4 is 5.32 Å². The fourth-order valence-electron chi connectivity index (χ4n) is 2.43. The van der Waals surface area contributed by atoms with Crippen LogP contribution in [0.4, 0.5) is 4.79 Å². The van der Waals surface area contributed by atoms with Crippen LogP contribution in [0, 0.1) is 0 Å². The van der Waals surface area contributed by atoms with Crippen molar-refractivity contribution in [3.05, 3.63) is 48.0 Å². The zero-order chi connectivity index (χ0) is 16.7. The van der Waals surface area contributed by atoms with Gasteiger partial charge in [-0.3, -0.25) is 4.79 Å². The molecule has 5 heteroatoms. The molecule has 2 rings (SSSR count). The predicted octanol–water partition coefficient (Wildman–Crippen LogP) is 3.24. The molecule has 0 fully saturated rings. The molecule has 0 saturated carbocycles. The summed E-state index contributed by atoms with van der Waals surface area (Å²) < 4.78 is 0. The van der Waals surface area contributed by atoms with Crippen molar-refractivity contribution < 1.29 is 14.7 Å². The van der Waals surface area contributed by atoms with E-state index >= 15 is 0 Å². The lowest BCUT2D eigenvalue weighted by molar-refractivity contribution is -0.137. The molecule has 0 atom stereocenters. The second kappa shape index (κ2) is 8.17. The Kier molecular flexibility index (Phi) is 5.97. The smallest absolute Gasteiger partial charge is 0.317 e. The molecule has 0 saturated heterocycles. The van der Waals surface area contributed by atoms with Crippen molar-refractivity contribution in [2.45, 2.75) is 26.3 Å². The molecule has 2 N–H and O–H groups in total. The average molecular weight is 314 g/mol. The molecule has 2 aromatic rings. The lowest BCUT2D eigenvalue weighted by atomic mass is 10.1. The maximum atomic E-state index is 12.2. The molecule has 2 aromatic carbocycles. The Balaban J connectivity index is 1.94. The number of benzene rings is 2. The van der Waals surface area contributed by atoms with Crippen LogP contribution in [0.15, 0.2) is 42.5 Å². The highest BCUT2D eigenvalue weighted by molar-refractivity contribution is 5.83. The lowest BCUT2D eigenvalue weighted by Gasteiger charge is -2.21. The Morgan fingerprint density at radius 3 is 2.57 bits per heavy atom. The first kappa shape index (κ1) is 16.8. The molecule has 0 unspecified atom stereocenters. The normalized spacial score (nSPS) is 10.5. The van der Waals surface area contributed by atoms with Gasteiger partial charge in [0, 0.05) is 26.1 Å². The highest BCUT2D eigenvalue weighted by Crippen LogP contribution is 2.16. The third-order valence-electron chi connectivity index (χ3n) is 3.70. The molecule has 0 heterocycles. The number of fused-ring (bicyclic) bond motifs is 1. The molecule has 0 aromatic heterocycles. The molecule has 122 valence electrons. The predicted molar refractivity (Wildman–Crippen MR) is 90.3 cm³/mol. The maximum Gasteiger partial charge on any atom is 0.317 e. The van der Waals surface area contributed by atoms with Crippen LogP contribution in [-0.2, 0) is 11.3 Å². The van der Waals surface area contributed by atoms with Crippen molar-refractivity contribution in [2.75, 3.05) is 13.1 Å². The molecule has 0 bridgehead atoms. The van der Waals surface area contributed by atoms with Crippen LogP contribution in [0.25, 0.3) is 10.8 Å². The van der Waals surface area contributed by atoms with Crippen LogP contribution in [-0.4, -0.2) is 35.1 Å². The lowest BCUT2D eigenvalue weighted by Crippen LogP contribution is -2.39. The molecule has 5 nitrogen and oxygen atoms in total. The van der Waals surface area contributed by atoms with E-state index in [1.54, 1.807) is 4.90 Å². The maximum absolute atomic E-state index is 12.2. The summed E-state index contributed by atoms with van der Waals surface area (Å²) in [4.78, 5) is 24.3. The minimum absolute atomic E-state index is 0.0665. The highest BCUT2D eigenvalue weighted by atomic mass is 16.4. The van der Waals surface area contributed by atoms with E-state index in [9.17, 15) is 9.59 Å². The van der Waals surface area contributed by atoms with Gasteiger partial charge in [0.15, 0.2) is 0 Å².